The Labute approximate surface area is 184 Å². The van der Waals surface area contributed by atoms with E-state index in [1.807, 2.05) is 0 Å². The van der Waals surface area contributed by atoms with Gasteiger partial charge in [0.15, 0.2) is 0 Å². The molecule has 0 aromatic heterocycles. The van der Waals surface area contributed by atoms with Crippen molar-refractivity contribution in [3.05, 3.63) is 59.2 Å². The average molecular weight is 473 g/mol. The van der Waals surface area contributed by atoms with Crippen LogP contribution in [0.1, 0.15) is 16.7 Å². The predicted molar refractivity (Wildman–Crippen MR) is 105 cm³/mol. The van der Waals surface area contributed by atoms with E-state index in [-0.39, 0.29) is 18.8 Å². The van der Waals surface area contributed by atoms with Gasteiger partial charge in [-0.2, -0.15) is 31.6 Å². The third-order valence-corrected chi connectivity index (χ3v) is 4.67. The van der Waals surface area contributed by atoms with E-state index >= 15 is 0 Å². The van der Waals surface area contributed by atoms with Crippen molar-refractivity contribution in [1.29, 1.82) is 5.26 Å². The Hall–Kier alpha value is -3.46. The molecule has 0 unspecified atom stereocenters. The van der Waals surface area contributed by atoms with E-state index in [2.05, 4.69) is 9.99 Å². The van der Waals surface area contributed by atoms with E-state index in [1.165, 1.54) is 19.4 Å². The minimum absolute atomic E-state index is 0.267. The van der Waals surface area contributed by atoms with E-state index in [9.17, 15) is 26.3 Å². The fourth-order valence-corrected chi connectivity index (χ4v) is 3.20. The van der Waals surface area contributed by atoms with Gasteiger partial charge in [-0.15, -0.1) is 0 Å². The number of alkyl halides is 6. The van der Waals surface area contributed by atoms with Crippen molar-refractivity contribution in [2.24, 2.45) is 5.16 Å². The summed E-state index contributed by atoms with van der Waals surface area (Å²) in [6.07, 6.45) is -11.9. The quantitative estimate of drug-likeness (QED) is 0.345. The van der Waals surface area contributed by atoms with Gasteiger partial charge in [0.1, 0.15) is 25.6 Å². The molecule has 0 spiro atoms. The highest BCUT2D eigenvalue weighted by atomic mass is 19.4. The van der Waals surface area contributed by atoms with Gasteiger partial charge in [-0.1, -0.05) is 5.16 Å². The number of benzene rings is 2. The van der Waals surface area contributed by atoms with Crippen LogP contribution < -0.4 is 9.64 Å². The Morgan fingerprint density at radius 3 is 2.42 bits per heavy atom. The summed E-state index contributed by atoms with van der Waals surface area (Å²) in [6, 6.07) is 10.2. The van der Waals surface area contributed by atoms with E-state index in [1.54, 1.807) is 24.3 Å². The van der Waals surface area contributed by atoms with E-state index in [0.29, 0.717) is 22.3 Å². The van der Waals surface area contributed by atoms with Crippen molar-refractivity contribution in [2.75, 3.05) is 25.2 Å². The van der Waals surface area contributed by atoms with Crippen LogP contribution in [0.25, 0.3) is 0 Å². The molecule has 0 saturated carbocycles. The number of hydrogen-bond donors (Lipinski definition) is 0. The summed E-state index contributed by atoms with van der Waals surface area (Å²) >= 11 is 0. The van der Waals surface area contributed by atoms with Gasteiger partial charge in [0.2, 0.25) is 6.23 Å². The van der Waals surface area contributed by atoms with Gasteiger partial charge in [0, 0.05) is 5.69 Å². The molecule has 0 amide bonds. The molecular formula is C21H17F6N3O3. The number of rotatable bonds is 6. The van der Waals surface area contributed by atoms with E-state index < -0.39 is 35.8 Å². The van der Waals surface area contributed by atoms with Gasteiger partial charge in [0.25, 0.3) is 0 Å². The molecule has 6 nitrogen and oxygen atoms in total. The second-order valence-corrected chi connectivity index (χ2v) is 6.94. The molecule has 2 aromatic carbocycles. The van der Waals surface area contributed by atoms with Crippen LogP contribution in [0.4, 0.5) is 32.0 Å². The number of ether oxygens (including phenoxy) is 2. The lowest BCUT2D eigenvalue weighted by atomic mass is 10.1. The van der Waals surface area contributed by atoms with Gasteiger partial charge in [0.05, 0.1) is 30.0 Å². The zero-order valence-corrected chi connectivity index (χ0v) is 17.0. The fraction of sp³-hybridized carbons (Fsp3) is 0.333. The summed E-state index contributed by atoms with van der Waals surface area (Å²) in [5, 5.41) is 12.5. The van der Waals surface area contributed by atoms with Crippen molar-refractivity contribution in [3.8, 4) is 11.8 Å². The third-order valence-electron chi connectivity index (χ3n) is 4.67. The normalized spacial score (nSPS) is 19.0. The standard InChI is InChI=1S/C21H17F6N3O3/c1-31-29-10-13-2-6-16(7-3-13)32-12-17-11-30(19(33-17)21(25,26)27)15-5-4-14(9-28)18(8-15)20(22,23)24/h2-8,10,17,19H,11-12H2,1H3/t17-,19+/m0/s1. The van der Waals surface area contributed by atoms with Crippen LogP contribution in [-0.2, 0) is 15.8 Å². The molecule has 12 heteroatoms. The molecule has 33 heavy (non-hydrogen) atoms. The number of halogens is 6. The summed E-state index contributed by atoms with van der Waals surface area (Å²) in [6.45, 7) is -0.636. The largest absolute Gasteiger partial charge is 0.491 e. The number of oxime groups is 1. The number of nitrogens with zero attached hydrogens (tertiary/aromatic N) is 3. The van der Waals surface area contributed by atoms with Crippen molar-refractivity contribution in [3.63, 3.8) is 0 Å². The number of nitriles is 1. The van der Waals surface area contributed by atoms with Gasteiger partial charge in [-0.3, -0.25) is 0 Å². The number of anilines is 1. The molecule has 2 aromatic rings. The number of hydrogen-bond acceptors (Lipinski definition) is 6. The van der Waals surface area contributed by atoms with Crippen molar-refractivity contribution in [2.45, 2.75) is 24.7 Å². The van der Waals surface area contributed by atoms with E-state index in [4.69, 9.17) is 14.7 Å². The molecule has 1 saturated heterocycles. The Kier molecular flexibility index (Phi) is 7.02. The summed E-state index contributed by atoms with van der Waals surface area (Å²) in [4.78, 5) is 5.24. The highest BCUT2D eigenvalue weighted by Gasteiger charge is 2.51. The second kappa shape index (κ2) is 9.58. The zero-order valence-electron chi connectivity index (χ0n) is 17.0. The SMILES string of the molecule is CON=Cc1ccc(OC[C@@H]2CN(c3ccc(C#N)c(C(F)(F)F)c3)[C@@H](C(F)(F)F)O2)cc1. The highest BCUT2D eigenvalue weighted by molar-refractivity contribution is 5.79. The van der Waals surface area contributed by atoms with Crippen LogP contribution in [-0.4, -0.2) is 45.0 Å². The van der Waals surface area contributed by atoms with Gasteiger partial charge in [-0.25, -0.2) is 0 Å². The predicted octanol–water partition coefficient (Wildman–Crippen LogP) is 4.73. The molecule has 176 valence electrons. The monoisotopic (exact) mass is 473 g/mol. The lowest BCUT2D eigenvalue weighted by molar-refractivity contribution is -0.215. The lowest BCUT2D eigenvalue weighted by Gasteiger charge is -2.27. The molecule has 0 N–H and O–H groups in total. The van der Waals surface area contributed by atoms with Gasteiger partial charge < -0.3 is 19.2 Å². The first-order valence-electron chi connectivity index (χ1n) is 9.42. The highest BCUT2D eigenvalue weighted by Crippen LogP contribution is 2.39. The van der Waals surface area contributed by atoms with Gasteiger partial charge >= 0.3 is 12.4 Å². The van der Waals surface area contributed by atoms with E-state index in [0.717, 1.165) is 12.1 Å². The minimum Gasteiger partial charge on any atom is -0.491 e. The molecule has 0 radical (unpaired) electrons. The lowest BCUT2D eigenvalue weighted by Crippen LogP contribution is -2.42. The second-order valence-electron chi connectivity index (χ2n) is 6.94. The molecular weight excluding hydrogens is 456 g/mol. The maximum Gasteiger partial charge on any atom is 0.433 e. The summed E-state index contributed by atoms with van der Waals surface area (Å²) in [5.74, 6) is 0.355. The minimum atomic E-state index is -4.90. The third kappa shape index (κ3) is 5.87. The first kappa shape index (κ1) is 24.2. The molecule has 1 aliphatic rings. The average Bonchev–Trinajstić information content (AvgIpc) is 3.21. The first-order valence-corrected chi connectivity index (χ1v) is 9.42. The molecule has 1 heterocycles. The zero-order chi connectivity index (χ0) is 24.2. The fourth-order valence-electron chi connectivity index (χ4n) is 3.20. The van der Waals surface area contributed by atoms with Crippen molar-refractivity contribution in [1.82, 2.24) is 0 Å². The Morgan fingerprint density at radius 1 is 1.15 bits per heavy atom. The van der Waals surface area contributed by atoms with Crippen LogP contribution in [0.3, 0.4) is 0 Å². The van der Waals surface area contributed by atoms with Crippen molar-refractivity contribution < 1.29 is 40.7 Å². The summed E-state index contributed by atoms with van der Waals surface area (Å²) in [7, 11) is 1.38. The van der Waals surface area contributed by atoms with Crippen LogP contribution in [0.2, 0.25) is 0 Å². The van der Waals surface area contributed by atoms with Crippen LogP contribution in [0.5, 0.6) is 5.75 Å². The Morgan fingerprint density at radius 2 is 1.85 bits per heavy atom. The molecule has 0 bridgehead atoms. The Balaban J connectivity index is 1.77. The smallest absolute Gasteiger partial charge is 0.433 e. The molecule has 2 atom stereocenters. The molecule has 1 aliphatic heterocycles. The van der Waals surface area contributed by atoms with Gasteiger partial charge in [-0.05, 0) is 48.0 Å². The maximum absolute atomic E-state index is 13.6. The van der Waals surface area contributed by atoms with Crippen molar-refractivity contribution >= 4 is 11.9 Å². The maximum atomic E-state index is 13.6. The summed E-state index contributed by atoms with van der Waals surface area (Å²) in [5.41, 5.74) is -1.67. The van der Waals surface area contributed by atoms with Crippen LogP contribution in [0, 0.1) is 11.3 Å². The Bertz CT molecular complexity index is 1030. The van der Waals surface area contributed by atoms with Crippen LogP contribution >= 0.6 is 0 Å². The molecule has 0 aliphatic carbocycles. The molecule has 3 rings (SSSR count). The first-order chi connectivity index (χ1) is 15.5. The summed E-state index contributed by atoms with van der Waals surface area (Å²) < 4.78 is 91.0. The topological polar surface area (TPSA) is 67.1 Å². The molecule has 1 fully saturated rings. The van der Waals surface area contributed by atoms with Crippen LogP contribution in [0.15, 0.2) is 47.6 Å².